The van der Waals surface area contributed by atoms with E-state index in [2.05, 4.69) is 22.0 Å². The average molecular weight is 655 g/mol. The lowest BCUT2D eigenvalue weighted by atomic mass is 10.1. The number of amides is 1. The smallest absolute Gasteiger partial charge is 0.267 e. The normalized spacial score (nSPS) is 14.7. The fourth-order valence-electron chi connectivity index (χ4n) is 4.39. The zero-order valence-corrected chi connectivity index (χ0v) is 26.0. The number of ether oxygens (including phenoxy) is 3. The summed E-state index contributed by atoms with van der Waals surface area (Å²) in [5.41, 5.74) is 3.82. The van der Waals surface area contributed by atoms with Gasteiger partial charge in [-0.2, -0.15) is 5.26 Å². The molecule has 5 rings (SSSR count). The summed E-state index contributed by atoms with van der Waals surface area (Å²) in [5, 5.41) is 10.0. The van der Waals surface area contributed by atoms with Crippen LogP contribution >= 0.6 is 27.7 Å². The summed E-state index contributed by atoms with van der Waals surface area (Å²) in [4.78, 5) is 20.8. The van der Waals surface area contributed by atoms with Gasteiger partial charge in [-0.1, -0.05) is 48.5 Å². The Morgan fingerprint density at radius 1 is 1.00 bits per heavy atom. The average Bonchev–Trinajstić information content (AvgIpc) is 3.30. The second-order valence-electron chi connectivity index (χ2n) is 9.40. The van der Waals surface area contributed by atoms with Crippen LogP contribution in [0.5, 0.6) is 17.2 Å². The van der Waals surface area contributed by atoms with Crippen LogP contribution in [0.1, 0.15) is 29.2 Å². The number of hydrogen-bond acceptors (Lipinski definition) is 7. The van der Waals surface area contributed by atoms with Gasteiger partial charge in [0.25, 0.3) is 5.91 Å². The second kappa shape index (κ2) is 14.1. The van der Waals surface area contributed by atoms with E-state index in [1.807, 2.05) is 97.9 Å². The van der Waals surface area contributed by atoms with Crippen molar-refractivity contribution in [3.05, 3.63) is 123 Å². The molecule has 0 unspecified atom stereocenters. The number of hydrogen-bond donors (Lipinski definition) is 0. The van der Waals surface area contributed by atoms with Crippen molar-refractivity contribution in [2.24, 2.45) is 4.99 Å². The van der Waals surface area contributed by atoms with E-state index in [1.165, 1.54) is 11.8 Å². The van der Waals surface area contributed by atoms with E-state index in [9.17, 15) is 10.1 Å². The molecule has 0 aliphatic carbocycles. The highest BCUT2D eigenvalue weighted by Gasteiger charge is 2.33. The van der Waals surface area contributed by atoms with E-state index >= 15 is 0 Å². The molecule has 0 N–H and O–H groups in total. The van der Waals surface area contributed by atoms with Crippen LogP contribution in [0.3, 0.4) is 0 Å². The van der Waals surface area contributed by atoms with Crippen molar-refractivity contribution >= 4 is 50.5 Å². The maximum atomic E-state index is 13.8. The van der Waals surface area contributed by atoms with Gasteiger partial charge in [-0.3, -0.25) is 9.69 Å². The maximum Gasteiger partial charge on any atom is 0.267 e. The quantitative estimate of drug-likeness (QED) is 0.161. The van der Waals surface area contributed by atoms with Gasteiger partial charge in [-0.25, -0.2) is 4.99 Å². The van der Waals surface area contributed by atoms with Crippen LogP contribution in [0.25, 0.3) is 6.08 Å². The number of aliphatic imine (C=N–C) groups is 1. The molecule has 9 heteroatoms. The van der Waals surface area contributed by atoms with Crippen LogP contribution in [0.2, 0.25) is 0 Å². The largest absolute Gasteiger partial charge is 0.497 e. The molecule has 43 heavy (non-hydrogen) atoms. The summed E-state index contributed by atoms with van der Waals surface area (Å²) in [7, 11) is 1.62. The molecule has 4 aromatic rings. The number of amidine groups is 1. The molecule has 1 fully saturated rings. The molecule has 0 radical (unpaired) electrons. The molecule has 0 bridgehead atoms. The van der Waals surface area contributed by atoms with E-state index in [4.69, 9.17) is 19.2 Å². The number of rotatable bonds is 10. The number of nitriles is 1. The standard InChI is InChI=1S/C34H28BrN3O4S/c1-3-41-30-18-24(17-29(35)32(30)42-22-26-10-8-7-9-25(26)20-36)19-31-33(39)38(21-23-13-15-28(40-2)16-14-23)34(43-31)37-27-11-5-4-6-12-27/h4-19H,3,21-22H2,1-2H3. The number of para-hydroxylation sites is 1. The topological polar surface area (TPSA) is 84.2 Å². The monoisotopic (exact) mass is 653 g/mol. The molecule has 0 spiro atoms. The fraction of sp³-hybridized carbons (Fsp3) is 0.147. The van der Waals surface area contributed by atoms with E-state index in [-0.39, 0.29) is 12.5 Å². The Morgan fingerprint density at radius 2 is 1.74 bits per heavy atom. The molecule has 4 aromatic carbocycles. The Hall–Kier alpha value is -4.52. The molecule has 1 aliphatic heterocycles. The lowest BCUT2D eigenvalue weighted by Gasteiger charge is -2.16. The summed E-state index contributed by atoms with van der Waals surface area (Å²) in [6.45, 7) is 2.89. The number of benzene rings is 4. The van der Waals surface area contributed by atoms with Crippen LogP contribution in [-0.2, 0) is 17.9 Å². The van der Waals surface area contributed by atoms with Gasteiger partial charge in [0.1, 0.15) is 12.4 Å². The third kappa shape index (κ3) is 7.28. The van der Waals surface area contributed by atoms with Gasteiger partial charge in [-0.15, -0.1) is 0 Å². The summed E-state index contributed by atoms with van der Waals surface area (Å²) >= 11 is 4.96. The van der Waals surface area contributed by atoms with Crippen molar-refractivity contribution in [3.8, 4) is 23.3 Å². The van der Waals surface area contributed by atoms with Gasteiger partial charge in [-0.05, 0) is 94.3 Å². The van der Waals surface area contributed by atoms with E-state index in [1.54, 1.807) is 18.1 Å². The van der Waals surface area contributed by atoms with Gasteiger partial charge in [0.2, 0.25) is 0 Å². The number of thioether (sulfide) groups is 1. The minimum atomic E-state index is -0.141. The van der Waals surface area contributed by atoms with Gasteiger partial charge in [0.15, 0.2) is 16.7 Å². The van der Waals surface area contributed by atoms with Crippen molar-refractivity contribution < 1.29 is 19.0 Å². The fourth-order valence-corrected chi connectivity index (χ4v) is 5.96. The Balaban J connectivity index is 1.45. The first-order valence-electron chi connectivity index (χ1n) is 13.5. The Morgan fingerprint density at radius 3 is 2.47 bits per heavy atom. The predicted molar refractivity (Wildman–Crippen MR) is 173 cm³/mol. The van der Waals surface area contributed by atoms with Gasteiger partial charge < -0.3 is 14.2 Å². The number of nitrogens with zero attached hydrogens (tertiary/aromatic N) is 3. The van der Waals surface area contributed by atoms with Crippen molar-refractivity contribution in [1.29, 1.82) is 5.26 Å². The highest BCUT2D eigenvalue weighted by molar-refractivity contribution is 9.10. The van der Waals surface area contributed by atoms with Crippen LogP contribution in [0.4, 0.5) is 5.69 Å². The van der Waals surface area contributed by atoms with Crippen LogP contribution in [0, 0.1) is 11.3 Å². The van der Waals surface area contributed by atoms with Crippen molar-refractivity contribution in [3.63, 3.8) is 0 Å². The molecule has 7 nitrogen and oxygen atoms in total. The zero-order valence-electron chi connectivity index (χ0n) is 23.6. The first-order chi connectivity index (χ1) is 21.0. The SMILES string of the molecule is CCOc1cc(C=C2SC(=Nc3ccccc3)N(Cc3ccc(OC)cc3)C2=O)cc(Br)c1OCc1ccccc1C#N. The molecular weight excluding hydrogens is 626 g/mol. The predicted octanol–water partition coefficient (Wildman–Crippen LogP) is 8.11. The highest BCUT2D eigenvalue weighted by Crippen LogP contribution is 2.40. The third-order valence-corrected chi connectivity index (χ3v) is 8.10. The number of carbonyl (C=O) groups is 1. The first kappa shape index (κ1) is 30.0. The zero-order chi connectivity index (χ0) is 30.2. The Bertz CT molecular complexity index is 1720. The molecule has 216 valence electrons. The molecule has 1 amide bonds. The molecule has 0 aromatic heterocycles. The van der Waals surface area contributed by atoms with Crippen molar-refractivity contribution in [2.45, 2.75) is 20.1 Å². The van der Waals surface area contributed by atoms with Crippen LogP contribution < -0.4 is 14.2 Å². The Labute approximate surface area is 263 Å². The summed E-state index contributed by atoms with van der Waals surface area (Å²) in [5.74, 6) is 1.66. The molecule has 1 aliphatic rings. The molecular formula is C34H28BrN3O4S. The Kier molecular flexibility index (Phi) is 9.82. The van der Waals surface area contributed by atoms with Gasteiger partial charge in [0.05, 0.1) is 47.0 Å². The van der Waals surface area contributed by atoms with E-state index < -0.39 is 0 Å². The van der Waals surface area contributed by atoms with Gasteiger partial charge >= 0.3 is 0 Å². The third-order valence-electron chi connectivity index (χ3n) is 6.51. The minimum Gasteiger partial charge on any atom is -0.497 e. The summed E-state index contributed by atoms with van der Waals surface area (Å²) in [6, 6.07) is 30.5. The second-order valence-corrected chi connectivity index (χ2v) is 11.3. The lowest BCUT2D eigenvalue weighted by molar-refractivity contribution is -0.122. The molecule has 0 atom stereocenters. The van der Waals surface area contributed by atoms with Crippen LogP contribution in [-0.4, -0.2) is 29.7 Å². The maximum absolute atomic E-state index is 13.8. The van der Waals surface area contributed by atoms with Gasteiger partial charge in [0, 0.05) is 5.56 Å². The number of carbonyl (C=O) groups excluding carboxylic acids is 1. The molecule has 1 saturated heterocycles. The molecule has 1 heterocycles. The minimum absolute atomic E-state index is 0.141. The first-order valence-corrected chi connectivity index (χ1v) is 15.1. The van der Waals surface area contributed by atoms with E-state index in [0.29, 0.717) is 44.8 Å². The van der Waals surface area contributed by atoms with E-state index in [0.717, 1.165) is 28.1 Å². The van der Waals surface area contributed by atoms with Crippen molar-refractivity contribution in [1.82, 2.24) is 4.90 Å². The summed E-state index contributed by atoms with van der Waals surface area (Å²) < 4.78 is 18.0. The lowest BCUT2D eigenvalue weighted by Crippen LogP contribution is -2.28. The van der Waals surface area contributed by atoms with Crippen LogP contribution in [0.15, 0.2) is 105 Å². The number of methoxy groups -OCH3 is 1. The molecule has 0 saturated carbocycles. The highest BCUT2D eigenvalue weighted by atomic mass is 79.9. The number of halogens is 1. The van der Waals surface area contributed by atoms with Crippen molar-refractivity contribution in [2.75, 3.05) is 13.7 Å². The summed E-state index contributed by atoms with van der Waals surface area (Å²) in [6.07, 6.45) is 1.84.